The highest BCUT2D eigenvalue weighted by Crippen LogP contribution is 2.41. The number of nitrogens with two attached hydrogens (primary N) is 1. The molecule has 2 heterocycles. The molecule has 90 valence electrons. The van der Waals surface area contributed by atoms with E-state index in [1.54, 1.807) is 12.4 Å². The monoisotopic (exact) mass is 231 g/mol. The molecule has 3 N–H and O–H groups in total. The van der Waals surface area contributed by atoms with Gasteiger partial charge in [-0.2, -0.15) is 0 Å². The van der Waals surface area contributed by atoms with Crippen molar-refractivity contribution in [1.29, 1.82) is 0 Å². The first-order valence-corrected chi connectivity index (χ1v) is 5.93. The Balaban J connectivity index is 2.01. The minimum Gasteiger partial charge on any atom is -0.382 e. The number of nitrogens with one attached hydrogen (secondary N) is 1. The molecule has 5 nitrogen and oxygen atoms in total. The molecule has 0 radical (unpaired) electrons. The summed E-state index contributed by atoms with van der Waals surface area (Å²) in [5.41, 5.74) is 6.67. The van der Waals surface area contributed by atoms with Gasteiger partial charge in [0.1, 0.15) is 5.82 Å². The maximum Gasteiger partial charge on any atom is 0.180 e. The van der Waals surface area contributed by atoms with Crippen molar-refractivity contribution in [2.45, 2.75) is 32.2 Å². The van der Waals surface area contributed by atoms with E-state index in [0.29, 0.717) is 5.82 Å². The summed E-state index contributed by atoms with van der Waals surface area (Å²) in [4.78, 5) is 8.66. The summed E-state index contributed by atoms with van der Waals surface area (Å²) in [5.74, 6) is 2.00. The molecule has 0 unspecified atom stereocenters. The van der Waals surface area contributed by atoms with Crippen LogP contribution in [0.15, 0.2) is 18.6 Å². The average molecular weight is 231 g/mol. The second-order valence-corrected chi connectivity index (χ2v) is 5.29. The van der Waals surface area contributed by atoms with Crippen molar-refractivity contribution >= 4 is 17.3 Å². The summed E-state index contributed by atoms with van der Waals surface area (Å²) in [5, 5.41) is 3.48. The number of rotatable bonds is 3. The van der Waals surface area contributed by atoms with Gasteiger partial charge in [-0.1, -0.05) is 0 Å². The zero-order valence-corrected chi connectivity index (χ0v) is 10.1. The van der Waals surface area contributed by atoms with Gasteiger partial charge in [-0.3, -0.25) is 0 Å². The molecule has 1 aliphatic carbocycles. The van der Waals surface area contributed by atoms with Crippen molar-refractivity contribution in [2.75, 3.05) is 11.1 Å². The van der Waals surface area contributed by atoms with E-state index in [4.69, 9.17) is 5.73 Å². The van der Waals surface area contributed by atoms with Crippen LogP contribution in [0.5, 0.6) is 0 Å². The molecule has 0 aliphatic heterocycles. The van der Waals surface area contributed by atoms with Crippen LogP contribution in [-0.4, -0.2) is 19.9 Å². The lowest BCUT2D eigenvalue weighted by Crippen LogP contribution is -2.34. The normalized spacial score (nSPS) is 16.4. The Morgan fingerprint density at radius 3 is 2.94 bits per heavy atom. The van der Waals surface area contributed by atoms with Crippen LogP contribution in [0, 0.1) is 5.92 Å². The topological polar surface area (TPSA) is 68.2 Å². The van der Waals surface area contributed by atoms with Crippen molar-refractivity contribution in [1.82, 2.24) is 14.4 Å². The highest BCUT2D eigenvalue weighted by molar-refractivity contribution is 5.65. The number of aromatic nitrogens is 3. The fraction of sp³-hybridized carbons (Fsp3) is 0.500. The number of imidazole rings is 1. The highest BCUT2D eigenvalue weighted by atomic mass is 15.1. The van der Waals surface area contributed by atoms with Crippen molar-refractivity contribution < 1.29 is 0 Å². The summed E-state index contributed by atoms with van der Waals surface area (Å²) < 4.78 is 1.90. The molecule has 0 atom stereocenters. The van der Waals surface area contributed by atoms with Crippen LogP contribution < -0.4 is 11.1 Å². The van der Waals surface area contributed by atoms with Crippen molar-refractivity contribution in [3.05, 3.63) is 18.6 Å². The van der Waals surface area contributed by atoms with Gasteiger partial charge in [-0.05, 0) is 32.6 Å². The molecule has 2 aromatic rings. The second kappa shape index (κ2) is 3.35. The minimum absolute atomic E-state index is 0.0488. The van der Waals surface area contributed by atoms with Gasteiger partial charge in [-0.25, -0.2) is 9.97 Å². The molecular formula is C12H17N5. The quantitative estimate of drug-likeness (QED) is 0.846. The zero-order valence-electron chi connectivity index (χ0n) is 10.1. The van der Waals surface area contributed by atoms with Crippen LogP contribution in [0.4, 0.5) is 11.6 Å². The van der Waals surface area contributed by atoms with Gasteiger partial charge < -0.3 is 15.5 Å². The lowest BCUT2D eigenvalue weighted by molar-refractivity contribution is 0.493. The van der Waals surface area contributed by atoms with Gasteiger partial charge in [0.25, 0.3) is 0 Å². The van der Waals surface area contributed by atoms with Gasteiger partial charge in [0.15, 0.2) is 11.5 Å². The first-order chi connectivity index (χ1) is 8.06. The van der Waals surface area contributed by atoms with Gasteiger partial charge >= 0.3 is 0 Å². The first-order valence-electron chi connectivity index (χ1n) is 5.93. The van der Waals surface area contributed by atoms with E-state index in [2.05, 4.69) is 29.1 Å². The minimum atomic E-state index is 0.0488. The number of anilines is 2. The Hall–Kier alpha value is -1.78. The largest absolute Gasteiger partial charge is 0.382 e. The van der Waals surface area contributed by atoms with Gasteiger partial charge in [0.05, 0.1) is 6.20 Å². The third-order valence-corrected chi connectivity index (χ3v) is 3.43. The molecule has 1 aliphatic rings. The van der Waals surface area contributed by atoms with Crippen LogP contribution in [0.1, 0.15) is 26.7 Å². The zero-order chi connectivity index (χ0) is 12.0. The Bertz CT molecular complexity index is 553. The average Bonchev–Trinajstić information content (AvgIpc) is 2.99. The maximum atomic E-state index is 5.79. The van der Waals surface area contributed by atoms with Crippen LogP contribution in [0.25, 0.3) is 5.65 Å². The number of hydrogen-bond donors (Lipinski definition) is 2. The van der Waals surface area contributed by atoms with E-state index in [0.717, 1.165) is 17.4 Å². The molecule has 1 fully saturated rings. The predicted molar refractivity (Wildman–Crippen MR) is 67.8 cm³/mol. The van der Waals surface area contributed by atoms with Crippen LogP contribution >= 0.6 is 0 Å². The molecule has 0 spiro atoms. The number of nitrogen functional groups attached to an aromatic ring is 1. The number of hydrogen-bond acceptors (Lipinski definition) is 4. The van der Waals surface area contributed by atoms with Crippen molar-refractivity contribution in [3.8, 4) is 0 Å². The van der Waals surface area contributed by atoms with Gasteiger partial charge in [0, 0.05) is 17.9 Å². The summed E-state index contributed by atoms with van der Waals surface area (Å²) >= 11 is 0. The van der Waals surface area contributed by atoms with E-state index in [-0.39, 0.29) is 5.54 Å². The Kier molecular flexibility index (Phi) is 2.05. The van der Waals surface area contributed by atoms with Crippen LogP contribution in [0.3, 0.4) is 0 Å². The van der Waals surface area contributed by atoms with Crippen LogP contribution in [0.2, 0.25) is 0 Å². The van der Waals surface area contributed by atoms with Crippen molar-refractivity contribution in [3.63, 3.8) is 0 Å². The maximum absolute atomic E-state index is 5.79. The van der Waals surface area contributed by atoms with Gasteiger partial charge in [-0.15, -0.1) is 0 Å². The van der Waals surface area contributed by atoms with E-state index < -0.39 is 0 Å². The third-order valence-electron chi connectivity index (χ3n) is 3.43. The second-order valence-electron chi connectivity index (χ2n) is 5.29. The van der Waals surface area contributed by atoms with E-state index in [1.165, 1.54) is 12.8 Å². The molecule has 3 rings (SSSR count). The fourth-order valence-corrected chi connectivity index (χ4v) is 2.25. The number of nitrogens with zero attached hydrogens (tertiary/aromatic N) is 3. The lowest BCUT2D eigenvalue weighted by Gasteiger charge is -2.27. The summed E-state index contributed by atoms with van der Waals surface area (Å²) in [6, 6.07) is 0. The summed E-state index contributed by atoms with van der Waals surface area (Å²) in [6.07, 6.45) is 7.98. The molecule has 0 saturated heterocycles. The lowest BCUT2D eigenvalue weighted by atomic mass is 9.99. The van der Waals surface area contributed by atoms with Crippen molar-refractivity contribution in [2.24, 2.45) is 5.92 Å². The standard InChI is InChI=1S/C12H17N5/c1-12(2,8-3-4-8)16-10-11-14-5-6-17(11)7-9(13)15-10/h5-8H,3-4,13H2,1-2H3,(H,15,16). The van der Waals surface area contributed by atoms with Gasteiger partial charge in [0.2, 0.25) is 0 Å². The summed E-state index contributed by atoms with van der Waals surface area (Å²) in [6.45, 7) is 4.41. The molecule has 17 heavy (non-hydrogen) atoms. The molecule has 0 aromatic carbocycles. The molecule has 5 heteroatoms. The smallest absolute Gasteiger partial charge is 0.180 e. The Morgan fingerprint density at radius 1 is 1.47 bits per heavy atom. The summed E-state index contributed by atoms with van der Waals surface area (Å²) in [7, 11) is 0. The van der Waals surface area contributed by atoms with E-state index in [1.807, 2.05) is 10.6 Å². The molecular weight excluding hydrogens is 214 g/mol. The predicted octanol–water partition coefficient (Wildman–Crippen LogP) is 1.91. The first kappa shape index (κ1) is 10.4. The van der Waals surface area contributed by atoms with Crippen LogP contribution in [-0.2, 0) is 0 Å². The molecule has 1 saturated carbocycles. The SMILES string of the molecule is CC(C)(Nc1nc(N)cn2ccnc12)C1CC1. The Labute approximate surface area is 100 Å². The highest BCUT2D eigenvalue weighted by Gasteiger charge is 2.38. The third kappa shape index (κ3) is 1.81. The van der Waals surface area contributed by atoms with E-state index >= 15 is 0 Å². The van der Waals surface area contributed by atoms with E-state index in [9.17, 15) is 0 Å². The number of fused-ring (bicyclic) bond motifs is 1. The molecule has 2 aromatic heterocycles. The fourth-order valence-electron chi connectivity index (χ4n) is 2.25. The molecule has 0 amide bonds. The Morgan fingerprint density at radius 2 is 2.24 bits per heavy atom. The molecule has 0 bridgehead atoms.